The van der Waals surface area contributed by atoms with Crippen LogP contribution in [0.4, 0.5) is 0 Å². The molecule has 1 atom stereocenters. The van der Waals surface area contributed by atoms with Crippen LogP contribution in [0.1, 0.15) is 239 Å². The van der Waals surface area contributed by atoms with E-state index in [9.17, 15) is 14.4 Å². The van der Waals surface area contributed by atoms with Gasteiger partial charge in [0.2, 0.25) is 0 Å². The quantitative estimate of drug-likeness (QED) is 0.0263. The second kappa shape index (κ2) is 49.5. The molecule has 0 saturated carbocycles. The van der Waals surface area contributed by atoms with Crippen molar-refractivity contribution in [3.8, 4) is 0 Å². The molecule has 0 fully saturated rings. The number of esters is 3. The molecule has 0 aromatic heterocycles. The maximum Gasteiger partial charge on any atom is 0.306 e. The maximum atomic E-state index is 12.8. The van der Waals surface area contributed by atoms with E-state index in [1.807, 2.05) is 0 Å². The zero-order chi connectivity index (χ0) is 44.4. The van der Waals surface area contributed by atoms with E-state index in [0.717, 1.165) is 89.9 Å². The Morgan fingerprint density at radius 3 is 1.08 bits per heavy atom. The smallest absolute Gasteiger partial charge is 0.306 e. The second-order valence-corrected chi connectivity index (χ2v) is 16.7. The van der Waals surface area contributed by atoms with Crippen molar-refractivity contribution in [2.24, 2.45) is 0 Å². The van der Waals surface area contributed by atoms with Crippen LogP contribution in [0.2, 0.25) is 0 Å². The van der Waals surface area contributed by atoms with Crippen molar-refractivity contribution in [1.82, 2.24) is 0 Å². The standard InChI is InChI=1S/C55H94O6/c1-4-7-10-13-16-19-22-24-26-27-29-30-33-36-39-42-45-48-54(57)60-51-52(50-59-53(56)47-44-41-38-35-32-21-18-15-12-9-6-3)61-55(58)49-46-43-40-37-34-31-28-25-23-20-17-14-11-8-5-2/h7,10,16,19,24-26,28-30,36,39,52H,4-6,8-9,11-15,17-18,20-23,27,31-35,37-38,40-51H2,1-3H3/b10-7-,19-16-,26-24-,28-25-,30-29-,39-36-/t52-/m1/s1. The SMILES string of the molecule is CC/C=C\C/C=C\C/C=C\C/C=C\C/C=C\CCCC(=O)OC[C@@H](COC(=O)CCCCCCCCCCCCC)OC(=O)CCCCCCC/C=C\CCCCCCCC. The fraction of sp³-hybridized carbons (Fsp3) is 0.727. The van der Waals surface area contributed by atoms with Gasteiger partial charge in [0.15, 0.2) is 6.10 Å². The molecule has 6 heteroatoms. The van der Waals surface area contributed by atoms with Crippen LogP contribution in [-0.2, 0) is 28.6 Å². The number of hydrogen-bond donors (Lipinski definition) is 0. The van der Waals surface area contributed by atoms with Gasteiger partial charge in [0.25, 0.3) is 0 Å². The van der Waals surface area contributed by atoms with Gasteiger partial charge in [0, 0.05) is 19.3 Å². The van der Waals surface area contributed by atoms with Crippen molar-refractivity contribution in [1.29, 1.82) is 0 Å². The van der Waals surface area contributed by atoms with Crippen molar-refractivity contribution < 1.29 is 28.6 Å². The van der Waals surface area contributed by atoms with Gasteiger partial charge >= 0.3 is 17.9 Å². The Balaban J connectivity index is 4.47. The minimum Gasteiger partial charge on any atom is -0.462 e. The van der Waals surface area contributed by atoms with E-state index < -0.39 is 6.10 Å². The molecule has 61 heavy (non-hydrogen) atoms. The summed E-state index contributed by atoms with van der Waals surface area (Å²) in [5, 5.41) is 0. The van der Waals surface area contributed by atoms with Crippen LogP contribution < -0.4 is 0 Å². The lowest BCUT2D eigenvalue weighted by Crippen LogP contribution is -2.30. The molecular weight excluding hydrogens is 757 g/mol. The van der Waals surface area contributed by atoms with E-state index in [1.54, 1.807) is 0 Å². The molecule has 0 aliphatic carbocycles. The lowest BCUT2D eigenvalue weighted by atomic mass is 10.1. The van der Waals surface area contributed by atoms with Crippen LogP contribution in [0.3, 0.4) is 0 Å². The Labute approximate surface area is 376 Å². The van der Waals surface area contributed by atoms with Crippen molar-refractivity contribution >= 4 is 17.9 Å². The van der Waals surface area contributed by atoms with Gasteiger partial charge in [-0.2, -0.15) is 0 Å². The van der Waals surface area contributed by atoms with E-state index in [2.05, 4.69) is 93.7 Å². The van der Waals surface area contributed by atoms with Crippen LogP contribution in [0.15, 0.2) is 72.9 Å². The Hall–Kier alpha value is -3.15. The minimum atomic E-state index is -0.799. The molecule has 0 amide bonds. The molecule has 0 radical (unpaired) electrons. The number of hydrogen-bond acceptors (Lipinski definition) is 6. The van der Waals surface area contributed by atoms with Gasteiger partial charge in [-0.25, -0.2) is 0 Å². The Bertz CT molecular complexity index is 1160. The van der Waals surface area contributed by atoms with E-state index >= 15 is 0 Å². The zero-order valence-corrected chi connectivity index (χ0v) is 39.9. The van der Waals surface area contributed by atoms with E-state index in [0.29, 0.717) is 19.3 Å². The third-order valence-corrected chi connectivity index (χ3v) is 10.7. The molecule has 0 N–H and O–H groups in total. The summed E-state index contributed by atoms with van der Waals surface area (Å²) in [6, 6.07) is 0. The molecule has 6 nitrogen and oxygen atoms in total. The van der Waals surface area contributed by atoms with E-state index in [1.165, 1.54) is 103 Å². The maximum absolute atomic E-state index is 12.8. The molecule has 0 bridgehead atoms. The first-order valence-corrected chi connectivity index (χ1v) is 25.4. The fourth-order valence-electron chi connectivity index (χ4n) is 6.88. The first kappa shape index (κ1) is 57.9. The van der Waals surface area contributed by atoms with Gasteiger partial charge in [0.1, 0.15) is 13.2 Å². The third-order valence-electron chi connectivity index (χ3n) is 10.7. The highest BCUT2D eigenvalue weighted by atomic mass is 16.6. The summed E-state index contributed by atoms with van der Waals surface area (Å²) in [5.74, 6) is -0.964. The number of carbonyl (C=O) groups is 3. The van der Waals surface area contributed by atoms with Gasteiger partial charge < -0.3 is 14.2 Å². The van der Waals surface area contributed by atoms with Crippen molar-refractivity contribution in [2.45, 2.75) is 245 Å². The second-order valence-electron chi connectivity index (χ2n) is 16.7. The number of carbonyl (C=O) groups excluding carboxylic acids is 3. The van der Waals surface area contributed by atoms with Gasteiger partial charge in [-0.15, -0.1) is 0 Å². The molecule has 0 aliphatic heterocycles. The lowest BCUT2D eigenvalue weighted by Gasteiger charge is -2.18. The molecule has 0 rings (SSSR count). The number of unbranched alkanes of at least 4 members (excludes halogenated alkanes) is 22. The molecule has 350 valence electrons. The van der Waals surface area contributed by atoms with Crippen LogP contribution in [0.25, 0.3) is 0 Å². The van der Waals surface area contributed by atoms with Crippen molar-refractivity contribution in [2.75, 3.05) is 13.2 Å². The normalized spacial score (nSPS) is 12.6. The number of allylic oxidation sites excluding steroid dienone is 12. The van der Waals surface area contributed by atoms with Crippen LogP contribution in [-0.4, -0.2) is 37.2 Å². The summed E-state index contributed by atoms with van der Waals surface area (Å²) in [6.45, 7) is 6.45. The van der Waals surface area contributed by atoms with Gasteiger partial charge in [-0.1, -0.05) is 209 Å². The molecule has 0 unspecified atom stereocenters. The summed E-state index contributed by atoms with van der Waals surface area (Å²) >= 11 is 0. The number of rotatable bonds is 45. The first-order chi connectivity index (χ1) is 30.0. The number of ether oxygens (including phenoxy) is 3. The Morgan fingerprint density at radius 1 is 0.344 bits per heavy atom. The lowest BCUT2D eigenvalue weighted by molar-refractivity contribution is -0.167. The monoisotopic (exact) mass is 851 g/mol. The third kappa shape index (κ3) is 47.7. The Kier molecular flexibility index (Phi) is 46.9. The predicted molar refractivity (Wildman–Crippen MR) is 261 cm³/mol. The summed E-state index contributed by atoms with van der Waals surface area (Å²) in [4.78, 5) is 37.9. The molecule has 0 aliphatic rings. The summed E-state index contributed by atoms with van der Waals surface area (Å²) in [7, 11) is 0. The molecule has 0 spiro atoms. The molecule has 0 aromatic carbocycles. The highest BCUT2D eigenvalue weighted by Gasteiger charge is 2.19. The molecular formula is C55H94O6. The topological polar surface area (TPSA) is 78.9 Å². The van der Waals surface area contributed by atoms with E-state index in [-0.39, 0.29) is 37.5 Å². The van der Waals surface area contributed by atoms with Crippen LogP contribution >= 0.6 is 0 Å². The summed E-state index contributed by atoms with van der Waals surface area (Å²) < 4.78 is 16.7. The van der Waals surface area contributed by atoms with Crippen LogP contribution in [0, 0.1) is 0 Å². The predicted octanol–water partition coefficient (Wildman–Crippen LogP) is 16.6. The Morgan fingerprint density at radius 2 is 0.656 bits per heavy atom. The first-order valence-electron chi connectivity index (χ1n) is 25.4. The van der Waals surface area contributed by atoms with Crippen molar-refractivity contribution in [3.63, 3.8) is 0 Å². The summed E-state index contributed by atoms with van der Waals surface area (Å²) in [5.41, 5.74) is 0. The average molecular weight is 851 g/mol. The van der Waals surface area contributed by atoms with E-state index in [4.69, 9.17) is 14.2 Å². The largest absolute Gasteiger partial charge is 0.462 e. The average Bonchev–Trinajstić information content (AvgIpc) is 3.26. The minimum absolute atomic E-state index is 0.0949. The van der Waals surface area contributed by atoms with Gasteiger partial charge in [-0.3, -0.25) is 14.4 Å². The molecule has 0 heterocycles. The molecule has 0 aromatic rings. The van der Waals surface area contributed by atoms with Crippen molar-refractivity contribution in [3.05, 3.63) is 72.9 Å². The summed E-state index contributed by atoms with van der Waals surface area (Å²) in [6.07, 6.45) is 61.7. The van der Waals surface area contributed by atoms with Gasteiger partial charge in [-0.05, 0) is 83.5 Å². The zero-order valence-electron chi connectivity index (χ0n) is 39.9. The van der Waals surface area contributed by atoms with Crippen LogP contribution in [0.5, 0.6) is 0 Å². The fourth-order valence-corrected chi connectivity index (χ4v) is 6.88. The highest BCUT2D eigenvalue weighted by molar-refractivity contribution is 5.71. The van der Waals surface area contributed by atoms with Gasteiger partial charge in [0.05, 0.1) is 0 Å². The molecule has 0 saturated heterocycles. The highest BCUT2D eigenvalue weighted by Crippen LogP contribution is 2.14.